The summed E-state index contributed by atoms with van der Waals surface area (Å²) in [6.45, 7) is 10.2. The zero-order chi connectivity index (χ0) is 37.5. The fourth-order valence-corrected chi connectivity index (χ4v) is 15.3. The predicted octanol–water partition coefficient (Wildman–Crippen LogP) is 12.0. The second-order valence-electron chi connectivity index (χ2n) is 20.9. The molecule has 6 nitrogen and oxygen atoms in total. The molecule has 0 heterocycles. The van der Waals surface area contributed by atoms with Gasteiger partial charge in [-0.3, -0.25) is 0 Å². The summed E-state index contributed by atoms with van der Waals surface area (Å²) in [6, 6.07) is 24.0. The van der Waals surface area contributed by atoms with Crippen LogP contribution >= 0.6 is 0 Å². The Hall–Kier alpha value is -4.32. The van der Waals surface area contributed by atoms with Crippen LogP contribution < -0.4 is 20.9 Å². The molecule has 282 valence electrons. The molecule has 6 N–H and O–H groups in total. The Morgan fingerprint density at radius 2 is 0.852 bits per heavy atom. The molecule has 8 fully saturated rings. The first-order valence-electron chi connectivity index (χ1n) is 20.4. The number of rotatable bonds is 7. The predicted molar refractivity (Wildman–Crippen MR) is 215 cm³/mol. The van der Waals surface area contributed by atoms with Crippen molar-refractivity contribution in [2.75, 3.05) is 11.5 Å². The van der Waals surface area contributed by atoms with Crippen molar-refractivity contribution in [3.8, 4) is 45.6 Å². The molecule has 8 bridgehead atoms. The van der Waals surface area contributed by atoms with Gasteiger partial charge in [-0.2, -0.15) is 0 Å². The molecule has 0 aliphatic heterocycles. The third-order valence-electron chi connectivity index (χ3n) is 15.2. The zero-order valence-electron chi connectivity index (χ0n) is 32.4. The largest absolute Gasteiger partial charge is 0.506 e. The minimum atomic E-state index is -0.00120. The van der Waals surface area contributed by atoms with E-state index in [4.69, 9.17) is 20.9 Å². The Morgan fingerprint density at radius 1 is 0.481 bits per heavy atom. The third-order valence-corrected chi connectivity index (χ3v) is 15.2. The van der Waals surface area contributed by atoms with Crippen LogP contribution in [0.15, 0.2) is 72.8 Å². The maximum atomic E-state index is 10.6. The molecule has 54 heavy (non-hydrogen) atoms. The van der Waals surface area contributed by atoms with Crippen molar-refractivity contribution in [1.29, 1.82) is 0 Å². The van der Waals surface area contributed by atoms with E-state index in [0.29, 0.717) is 56.0 Å². The van der Waals surface area contributed by atoms with Gasteiger partial charge in [-0.1, -0.05) is 39.8 Å². The highest BCUT2D eigenvalue weighted by Gasteiger charge is 2.62. The van der Waals surface area contributed by atoms with Gasteiger partial charge in [-0.25, -0.2) is 0 Å². The number of hydrogen-bond acceptors (Lipinski definition) is 6. The molecule has 4 atom stereocenters. The van der Waals surface area contributed by atoms with Crippen molar-refractivity contribution < 1.29 is 19.7 Å². The maximum Gasteiger partial charge on any atom is 0.142 e. The van der Waals surface area contributed by atoms with Crippen LogP contribution in [0.5, 0.6) is 34.5 Å². The molecular weight excluding hydrogens is 669 g/mol. The first kappa shape index (κ1) is 34.2. The molecule has 8 aliphatic carbocycles. The van der Waals surface area contributed by atoms with Gasteiger partial charge in [0.1, 0.15) is 34.5 Å². The van der Waals surface area contributed by atoms with E-state index < -0.39 is 0 Å². The van der Waals surface area contributed by atoms with Crippen molar-refractivity contribution >= 4 is 11.4 Å². The number of benzene rings is 4. The van der Waals surface area contributed by atoms with Gasteiger partial charge in [0.25, 0.3) is 0 Å². The van der Waals surface area contributed by atoms with Crippen molar-refractivity contribution in [2.24, 2.45) is 33.5 Å². The topological polar surface area (TPSA) is 111 Å². The van der Waals surface area contributed by atoms with E-state index in [1.54, 1.807) is 24.3 Å². The number of phenols is 2. The number of anilines is 2. The first-order chi connectivity index (χ1) is 25.5. The number of nitrogen functional groups attached to an aromatic ring is 2. The van der Waals surface area contributed by atoms with Gasteiger partial charge in [0.05, 0.1) is 11.4 Å². The molecule has 8 aliphatic rings. The van der Waals surface area contributed by atoms with Crippen LogP contribution in [0.25, 0.3) is 11.1 Å². The first-order valence-corrected chi connectivity index (χ1v) is 20.4. The lowest BCUT2D eigenvalue weighted by atomic mass is 9.39. The van der Waals surface area contributed by atoms with Crippen LogP contribution in [0.4, 0.5) is 11.4 Å². The van der Waals surface area contributed by atoms with E-state index in [9.17, 15) is 10.2 Å². The van der Waals surface area contributed by atoms with Gasteiger partial charge < -0.3 is 31.2 Å². The van der Waals surface area contributed by atoms with Gasteiger partial charge in [-0.15, -0.1) is 0 Å². The Morgan fingerprint density at radius 3 is 1.19 bits per heavy atom. The van der Waals surface area contributed by atoms with Crippen LogP contribution in [-0.4, -0.2) is 10.2 Å². The lowest BCUT2D eigenvalue weighted by Gasteiger charge is -2.66. The molecule has 0 amide bonds. The Bertz CT molecular complexity index is 2020. The number of phenolic OH excluding ortho intramolecular Hbond substituents is 2. The smallest absolute Gasteiger partial charge is 0.142 e. The highest BCUT2D eigenvalue weighted by Crippen LogP contribution is 2.71. The quantitative estimate of drug-likeness (QED) is 0.112. The molecule has 4 unspecified atom stereocenters. The van der Waals surface area contributed by atoms with Gasteiger partial charge in [0.2, 0.25) is 0 Å². The summed E-state index contributed by atoms with van der Waals surface area (Å²) in [5.74, 6) is 3.97. The minimum Gasteiger partial charge on any atom is -0.506 e. The summed E-state index contributed by atoms with van der Waals surface area (Å²) in [5.41, 5.74) is 19.1. The summed E-state index contributed by atoms with van der Waals surface area (Å²) in [5, 5.41) is 21.2. The highest BCUT2D eigenvalue weighted by molar-refractivity contribution is 5.79. The normalized spacial score (nSPS) is 37.1. The molecule has 4 aromatic rings. The zero-order valence-corrected chi connectivity index (χ0v) is 32.4. The second-order valence-corrected chi connectivity index (χ2v) is 20.9. The molecule has 6 heteroatoms. The summed E-state index contributed by atoms with van der Waals surface area (Å²) in [4.78, 5) is 0. The molecule has 12 rings (SSSR count). The number of nitrogens with two attached hydrogens (primary N) is 2. The fraction of sp³-hybridized carbons (Fsp3) is 0.500. The van der Waals surface area contributed by atoms with Gasteiger partial charge >= 0.3 is 0 Å². The fourth-order valence-electron chi connectivity index (χ4n) is 15.3. The Kier molecular flexibility index (Phi) is 7.05. The molecule has 8 saturated carbocycles. The van der Waals surface area contributed by atoms with Gasteiger partial charge in [0, 0.05) is 23.3 Å². The van der Waals surface area contributed by atoms with E-state index in [-0.39, 0.29) is 22.3 Å². The summed E-state index contributed by atoms with van der Waals surface area (Å²) in [6.07, 6.45) is 15.3. The average Bonchev–Trinajstić information content (AvgIpc) is 3.05. The van der Waals surface area contributed by atoms with Crippen LogP contribution in [0, 0.1) is 33.5 Å². The number of ether oxygens (including phenoxy) is 2. The van der Waals surface area contributed by atoms with E-state index >= 15 is 0 Å². The molecule has 0 spiro atoms. The standard InChI is InChI=1S/C48H56N2O4/c1-43-17-29-18-44(2,23-43)26-47(21-29,25-43)31-5-11-41(53-33-7-9-37(49)39(51)15-33)35(13-31)36-14-32(6-12-42(36)54-34-8-10-38(50)40(52)16-34)48-22-30-19-45(3,27-48)24-46(4,20-30)28-48/h5-16,29-30,51-52H,17-28,49-50H2,1-4H3. The Balaban J connectivity index is 1.16. The van der Waals surface area contributed by atoms with Crippen LogP contribution in [0.2, 0.25) is 0 Å². The molecule has 0 aromatic heterocycles. The molecule has 0 saturated heterocycles. The number of hydrogen-bond donors (Lipinski definition) is 4. The van der Waals surface area contributed by atoms with E-state index in [0.717, 1.165) is 23.0 Å². The molecule has 0 radical (unpaired) electrons. The molecular formula is C48H56N2O4. The second kappa shape index (κ2) is 11.1. The summed E-state index contributed by atoms with van der Waals surface area (Å²) >= 11 is 0. The van der Waals surface area contributed by atoms with E-state index in [1.165, 1.54) is 88.2 Å². The van der Waals surface area contributed by atoms with Crippen molar-refractivity contribution in [1.82, 2.24) is 0 Å². The summed E-state index contributed by atoms with van der Waals surface area (Å²) < 4.78 is 13.5. The number of aromatic hydroxyl groups is 2. The van der Waals surface area contributed by atoms with E-state index in [2.05, 4.69) is 64.1 Å². The van der Waals surface area contributed by atoms with Crippen molar-refractivity contribution in [2.45, 2.75) is 116 Å². The highest BCUT2D eigenvalue weighted by atomic mass is 16.5. The third kappa shape index (κ3) is 5.48. The van der Waals surface area contributed by atoms with Crippen LogP contribution in [-0.2, 0) is 10.8 Å². The molecule has 4 aromatic carbocycles. The summed E-state index contributed by atoms with van der Waals surface area (Å²) in [7, 11) is 0. The SMILES string of the molecule is CC12CC3CC(C)(C1)CC(c1ccc(Oc4ccc(N)c(O)c4)c(-c4cc(C56CC7CC(C)(CC(C)(C7)C5)C6)ccc4Oc4ccc(N)c(O)c4)c1)(C3)C2. The van der Waals surface area contributed by atoms with Gasteiger partial charge in [0.15, 0.2) is 0 Å². The lowest BCUT2D eigenvalue weighted by Crippen LogP contribution is -2.56. The van der Waals surface area contributed by atoms with Crippen LogP contribution in [0.3, 0.4) is 0 Å². The Labute approximate surface area is 320 Å². The van der Waals surface area contributed by atoms with Crippen molar-refractivity contribution in [3.05, 3.63) is 83.9 Å². The van der Waals surface area contributed by atoms with Gasteiger partial charge in [-0.05, 0) is 181 Å². The minimum absolute atomic E-state index is 0.00120. The van der Waals surface area contributed by atoms with Crippen LogP contribution in [0.1, 0.15) is 116 Å². The van der Waals surface area contributed by atoms with E-state index in [1.807, 2.05) is 12.1 Å². The van der Waals surface area contributed by atoms with Crippen molar-refractivity contribution in [3.63, 3.8) is 0 Å². The monoisotopic (exact) mass is 724 g/mol. The maximum absolute atomic E-state index is 10.6. The average molecular weight is 725 g/mol. The lowest BCUT2D eigenvalue weighted by molar-refractivity contribution is -0.110.